The van der Waals surface area contributed by atoms with Gasteiger partial charge in [0.15, 0.2) is 0 Å². The van der Waals surface area contributed by atoms with Crippen LogP contribution in [0.2, 0.25) is 0 Å². The second-order valence-electron chi connectivity index (χ2n) is 6.29. The molecule has 0 atom stereocenters. The average molecular weight is 591 g/mol. The molecule has 2 aromatic carbocycles. The van der Waals surface area contributed by atoms with Crippen molar-refractivity contribution >= 4 is 11.4 Å². The molecule has 31 heavy (non-hydrogen) atoms. The van der Waals surface area contributed by atoms with E-state index < -0.39 is 0 Å². The molecule has 0 fully saturated rings. The number of nitrogens with zero attached hydrogens (tertiary/aromatic N) is 6. The molecule has 0 spiro atoms. The molecule has 2 heterocycles. The van der Waals surface area contributed by atoms with Crippen LogP contribution in [0.15, 0.2) is 73.3 Å². The quantitative estimate of drug-likeness (QED) is 0.473. The van der Waals surface area contributed by atoms with Gasteiger partial charge >= 0.3 is 0 Å². The van der Waals surface area contributed by atoms with Gasteiger partial charge < -0.3 is 34.5 Å². The summed E-state index contributed by atoms with van der Waals surface area (Å²) in [5, 5.41) is 17.3. The Kier molecular flexibility index (Phi) is 11.8. The summed E-state index contributed by atoms with van der Waals surface area (Å²) in [5.41, 5.74) is 3.49. The van der Waals surface area contributed by atoms with Gasteiger partial charge in [-0.1, -0.05) is 0 Å². The van der Waals surface area contributed by atoms with Crippen LogP contribution >= 0.6 is 0 Å². The van der Waals surface area contributed by atoms with Crippen LogP contribution in [0.5, 0.6) is 0 Å². The summed E-state index contributed by atoms with van der Waals surface area (Å²) in [4.78, 5) is 7.94. The molecule has 2 aliphatic heterocycles. The van der Waals surface area contributed by atoms with Crippen molar-refractivity contribution in [3.05, 3.63) is 113 Å². The van der Waals surface area contributed by atoms with E-state index in [0.717, 1.165) is 11.4 Å². The van der Waals surface area contributed by atoms with Gasteiger partial charge in [0.05, 0.1) is 23.3 Å². The fraction of sp³-hybridized carbons (Fsp3) is 0.0833. The maximum atomic E-state index is 8.64. The largest absolute Gasteiger partial charge is 0.510 e. The van der Waals surface area contributed by atoms with E-state index in [1.807, 2.05) is 120 Å². The van der Waals surface area contributed by atoms with Crippen LogP contribution in [0.25, 0.3) is 0 Å². The predicted octanol–water partition coefficient (Wildman–Crippen LogP) is 4.70. The van der Waals surface area contributed by atoms with E-state index in [-0.39, 0.29) is 35.0 Å². The molecule has 7 heteroatoms. The molecule has 0 aromatic heterocycles. The Hall–Kier alpha value is -3.25. The number of nitriles is 2. The van der Waals surface area contributed by atoms with Gasteiger partial charge in [-0.25, -0.2) is 0 Å². The first-order valence-electron chi connectivity index (χ1n) is 8.66. The van der Waals surface area contributed by atoms with Crippen LogP contribution in [0, 0.1) is 50.9 Å². The van der Waals surface area contributed by atoms with Gasteiger partial charge in [-0.05, 0) is 87.4 Å². The van der Waals surface area contributed by atoms with E-state index >= 15 is 0 Å². The van der Waals surface area contributed by atoms with E-state index in [9.17, 15) is 0 Å². The molecule has 1 radical (unpaired) electrons. The van der Waals surface area contributed by atoms with Crippen LogP contribution in [0.1, 0.15) is 11.1 Å². The minimum Gasteiger partial charge on any atom is -0.510 e. The molecule has 0 unspecified atom stereocenters. The van der Waals surface area contributed by atoms with Crippen LogP contribution in [-0.4, -0.2) is 23.9 Å². The summed E-state index contributed by atoms with van der Waals surface area (Å²) in [6.45, 7) is 3.95. The van der Waals surface area contributed by atoms with E-state index in [1.165, 1.54) is 0 Å². The maximum Gasteiger partial charge on any atom is 0.0991 e. The topological polar surface area (TPSA) is 60.5 Å². The van der Waals surface area contributed by atoms with E-state index in [0.29, 0.717) is 11.1 Å². The summed E-state index contributed by atoms with van der Waals surface area (Å²) in [6, 6.07) is 19.2. The predicted molar refractivity (Wildman–Crippen MR) is 123 cm³/mol. The van der Waals surface area contributed by atoms with Crippen molar-refractivity contribution in [2.45, 2.75) is 0 Å². The first kappa shape index (κ1) is 27.7. The van der Waals surface area contributed by atoms with E-state index in [4.69, 9.17) is 10.5 Å². The molecule has 0 N–H and O–H groups in total. The second-order valence-corrected chi connectivity index (χ2v) is 6.29. The van der Waals surface area contributed by atoms with Crippen molar-refractivity contribution in [1.82, 2.24) is 9.80 Å². The van der Waals surface area contributed by atoms with Gasteiger partial charge in [-0.15, -0.1) is 0 Å². The zero-order valence-corrected chi connectivity index (χ0v) is 20.5. The van der Waals surface area contributed by atoms with Crippen LogP contribution in [0.3, 0.4) is 0 Å². The zero-order chi connectivity index (χ0) is 19.9. The molecular weight excluding hydrogens is 565 g/mol. The Bertz CT molecular complexity index is 859. The van der Waals surface area contributed by atoms with Gasteiger partial charge in [0, 0.05) is 31.5 Å². The standard InChI is InChI=1S/2C11H10N3.2CH3.Ir/c2*1-13-6-7-14(9-13)11-4-2-10(8-12)3-5-11;;;/h2*2-7,9H,1H3;2*1H3;/q4*-1;. The number of benzene rings is 2. The van der Waals surface area contributed by atoms with Crippen molar-refractivity contribution in [3.8, 4) is 12.1 Å². The third-order valence-electron chi connectivity index (χ3n) is 4.13. The van der Waals surface area contributed by atoms with Crippen molar-refractivity contribution < 1.29 is 20.1 Å². The molecule has 6 nitrogen and oxygen atoms in total. The summed E-state index contributed by atoms with van der Waals surface area (Å²) < 4.78 is 0. The molecule has 0 amide bonds. The fourth-order valence-corrected chi connectivity index (χ4v) is 2.62. The first-order chi connectivity index (χ1) is 13.6. The van der Waals surface area contributed by atoms with Crippen LogP contribution in [0.4, 0.5) is 11.4 Å². The van der Waals surface area contributed by atoms with Crippen molar-refractivity contribution in [2.75, 3.05) is 23.9 Å². The van der Waals surface area contributed by atoms with Gasteiger partial charge in [0.2, 0.25) is 0 Å². The minimum atomic E-state index is 0. The maximum absolute atomic E-state index is 8.64. The van der Waals surface area contributed by atoms with Crippen LogP contribution < -0.4 is 9.80 Å². The fourth-order valence-electron chi connectivity index (χ4n) is 2.62. The molecule has 0 aliphatic carbocycles. The molecule has 0 saturated carbocycles. The first-order valence-corrected chi connectivity index (χ1v) is 8.66. The SMILES string of the molecule is CN1C=CN(c2ccc(C#N)cc2)[CH-]1.CN1C=CN(c2ccc(C#N)cc2)[CH-]1.[CH3-].[CH3-].[Ir]. The monoisotopic (exact) mass is 591 g/mol. The van der Waals surface area contributed by atoms with E-state index in [2.05, 4.69) is 12.1 Å². The van der Waals surface area contributed by atoms with Gasteiger partial charge in [0.25, 0.3) is 0 Å². The number of anilines is 2. The summed E-state index contributed by atoms with van der Waals surface area (Å²) in [5.74, 6) is 0. The normalized spacial score (nSPS) is 13.2. The third-order valence-corrected chi connectivity index (χ3v) is 4.13. The average Bonchev–Trinajstić information content (AvgIpc) is 3.37. The van der Waals surface area contributed by atoms with Gasteiger partial charge in [-0.3, -0.25) is 0 Å². The second kappa shape index (κ2) is 13.1. The molecular formula is C24H26IrN6-4. The molecule has 165 valence electrons. The minimum absolute atomic E-state index is 0. The Labute approximate surface area is 200 Å². The third kappa shape index (κ3) is 7.50. The van der Waals surface area contributed by atoms with Crippen molar-refractivity contribution in [1.29, 1.82) is 10.5 Å². The Balaban J connectivity index is 0.000000529. The number of hydrogen-bond acceptors (Lipinski definition) is 6. The summed E-state index contributed by atoms with van der Waals surface area (Å²) in [6.07, 6.45) is 7.89. The Morgan fingerprint density at radius 2 is 0.935 bits per heavy atom. The summed E-state index contributed by atoms with van der Waals surface area (Å²) >= 11 is 0. The van der Waals surface area contributed by atoms with Gasteiger partial charge in [0.1, 0.15) is 0 Å². The molecule has 4 rings (SSSR count). The smallest absolute Gasteiger partial charge is 0.0991 e. The van der Waals surface area contributed by atoms with Crippen molar-refractivity contribution in [2.24, 2.45) is 0 Å². The van der Waals surface area contributed by atoms with Gasteiger partial charge in [-0.2, -0.15) is 23.9 Å². The Morgan fingerprint density at radius 1 is 0.613 bits per heavy atom. The number of rotatable bonds is 2. The van der Waals surface area contributed by atoms with Crippen LogP contribution in [-0.2, 0) is 20.1 Å². The Morgan fingerprint density at radius 3 is 1.16 bits per heavy atom. The summed E-state index contributed by atoms with van der Waals surface area (Å²) in [7, 11) is 3.94. The van der Waals surface area contributed by atoms with Crippen molar-refractivity contribution in [3.63, 3.8) is 0 Å². The zero-order valence-electron chi connectivity index (χ0n) is 18.1. The molecule has 0 saturated heterocycles. The van der Waals surface area contributed by atoms with E-state index in [1.54, 1.807) is 0 Å². The molecule has 2 aromatic rings. The number of hydrogen-bond donors (Lipinski definition) is 0. The molecule has 0 bridgehead atoms. The molecule has 2 aliphatic rings.